The fourth-order valence-corrected chi connectivity index (χ4v) is 2.88. The van der Waals surface area contributed by atoms with Crippen molar-refractivity contribution in [2.24, 2.45) is 5.84 Å². The third-order valence-corrected chi connectivity index (χ3v) is 3.88. The maximum Gasteiger partial charge on any atom is 0.0576 e. The topological polar surface area (TPSA) is 41.3 Å². The summed E-state index contributed by atoms with van der Waals surface area (Å²) >= 11 is 0. The van der Waals surface area contributed by atoms with Crippen molar-refractivity contribution in [1.82, 2.24) is 10.3 Å². The Hall–Kier alpha value is -0.380. The summed E-state index contributed by atoms with van der Waals surface area (Å²) in [4.78, 5) is 2.52. The molecule has 0 rings (SSSR count). The number of hydrazine groups is 1. The Morgan fingerprint density at radius 1 is 1.18 bits per heavy atom. The molecule has 0 spiro atoms. The summed E-state index contributed by atoms with van der Waals surface area (Å²) in [6, 6.07) is 0.211. The molecule has 3 nitrogen and oxygen atoms in total. The third-order valence-electron chi connectivity index (χ3n) is 3.88. The van der Waals surface area contributed by atoms with Crippen molar-refractivity contribution in [3.63, 3.8) is 0 Å². The highest BCUT2D eigenvalue weighted by atomic mass is 15.3. The molecule has 0 aromatic carbocycles. The molecule has 0 aliphatic rings. The predicted molar refractivity (Wildman–Crippen MR) is 76.8 cm³/mol. The second kappa shape index (κ2) is 7.85. The first-order chi connectivity index (χ1) is 8.02. The summed E-state index contributed by atoms with van der Waals surface area (Å²) in [5.41, 5.74) is 4.44. The van der Waals surface area contributed by atoms with E-state index in [1.807, 2.05) is 0 Å². The normalized spacial score (nSPS) is 13.9. The van der Waals surface area contributed by atoms with E-state index in [0.29, 0.717) is 0 Å². The van der Waals surface area contributed by atoms with Crippen LogP contribution in [0.15, 0.2) is 11.6 Å². The molecule has 1 unspecified atom stereocenters. The molecular weight excluding hydrogens is 210 g/mol. The first-order valence-corrected chi connectivity index (χ1v) is 6.88. The second-order valence-electron chi connectivity index (χ2n) is 4.87. The SMILES string of the molecule is CCN(CC)C(CC)(CC)C(C=C(C)C)NN. The van der Waals surface area contributed by atoms with Gasteiger partial charge < -0.3 is 0 Å². The summed E-state index contributed by atoms with van der Waals surface area (Å²) in [6.45, 7) is 15.3. The molecule has 0 radical (unpaired) electrons. The van der Waals surface area contributed by atoms with Crippen molar-refractivity contribution < 1.29 is 0 Å². The minimum absolute atomic E-state index is 0.121. The van der Waals surface area contributed by atoms with Crippen molar-refractivity contribution >= 4 is 0 Å². The maximum absolute atomic E-state index is 5.78. The van der Waals surface area contributed by atoms with E-state index in [-0.39, 0.29) is 11.6 Å². The molecule has 102 valence electrons. The zero-order valence-corrected chi connectivity index (χ0v) is 12.5. The number of rotatable bonds is 8. The lowest BCUT2D eigenvalue weighted by Gasteiger charge is -2.47. The van der Waals surface area contributed by atoms with E-state index >= 15 is 0 Å². The van der Waals surface area contributed by atoms with E-state index in [2.05, 4.69) is 57.9 Å². The average molecular weight is 241 g/mol. The maximum atomic E-state index is 5.78. The Bertz CT molecular complexity index is 224. The Labute approximate surface area is 107 Å². The van der Waals surface area contributed by atoms with Gasteiger partial charge in [-0.1, -0.05) is 39.3 Å². The van der Waals surface area contributed by atoms with Crippen LogP contribution in [0, 0.1) is 0 Å². The van der Waals surface area contributed by atoms with Crippen LogP contribution in [-0.4, -0.2) is 29.6 Å². The van der Waals surface area contributed by atoms with Gasteiger partial charge in [0.15, 0.2) is 0 Å². The zero-order chi connectivity index (χ0) is 13.5. The second-order valence-corrected chi connectivity index (χ2v) is 4.87. The van der Waals surface area contributed by atoms with Gasteiger partial charge in [-0.3, -0.25) is 16.2 Å². The van der Waals surface area contributed by atoms with Crippen molar-refractivity contribution in [2.45, 2.75) is 66.0 Å². The molecule has 3 heteroatoms. The van der Waals surface area contributed by atoms with Crippen LogP contribution in [0.25, 0.3) is 0 Å². The minimum Gasteiger partial charge on any atom is -0.296 e. The van der Waals surface area contributed by atoms with Crippen LogP contribution < -0.4 is 11.3 Å². The van der Waals surface area contributed by atoms with Crippen molar-refractivity contribution in [1.29, 1.82) is 0 Å². The van der Waals surface area contributed by atoms with Crippen LogP contribution in [0.5, 0.6) is 0 Å². The first kappa shape index (κ1) is 16.6. The van der Waals surface area contributed by atoms with E-state index in [4.69, 9.17) is 5.84 Å². The van der Waals surface area contributed by atoms with Gasteiger partial charge in [0.25, 0.3) is 0 Å². The molecule has 17 heavy (non-hydrogen) atoms. The molecule has 0 aromatic heterocycles. The number of nitrogens with two attached hydrogens (primary N) is 1. The van der Waals surface area contributed by atoms with Gasteiger partial charge >= 0.3 is 0 Å². The van der Waals surface area contributed by atoms with Gasteiger partial charge in [0.05, 0.1) is 6.04 Å². The molecule has 0 fully saturated rings. The highest BCUT2D eigenvalue weighted by Gasteiger charge is 2.38. The van der Waals surface area contributed by atoms with Crippen LogP contribution in [0.4, 0.5) is 0 Å². The van der Waals surface area contributed by atoms with Gasteiger partial charge in [-0.25, -0.2) is 0 Å². The van der Waals surface area contributed by atoms with Crippen LogP contribution in [0.2, 0.25) is 0 Å². The molecule has 3 N–H and O–H groups in total. The highest BCUT2D eigenvalue weighted by Crippen LogP contribution is 2.29. The van der Waals surface area contributed by atoms with Gasteiger partial charge in [0.1, 0.15) is 0 Å². The van der Waals surface area contributed by atoms with E-state index in [9.17, 15) is 0 Å². The Morgan fingerprint density at radius 2 is 1.65 bits per heavy atom. The predicted octanol–water partition coefficient (Wildman–Crippen LogP) is 2.69. The zero-order valence-electron chi connectivity index (χ0n) is 12.5. The summed E-state index contributed by atoms with van der Waals surface area (Å²) in [7, 11) is 0. The van der Waals surface area contributed by atoms with Gasteiger partial charge in [-0.05, 0) is 39.8 Å². The van der Waals surface area contributed by atoms with Gasteiger partial charge in [-0.2, -0.15) is 0 Å². The van der Waals surface area contributed by atoms with Crippen molar-refractivity contribution in [2.75, 3.05) is 13.1 Å². The van der Waals surface area contributed by atoms with E-state index in [0.717, 1.165) is 25.9 Å². The lowest BCUT2D eigenvalue weighted by atomic mass is 9.82. The summed E-state index contributed by atoms with van der Waals surface area (Å²) < 4.78 is 0. The quantitative estimate of drug-likeness (QED) is 0.390. The molecule has 0 saturated carbocycles. The Kier molecular flexibility index (Phi) is 7.68. The third kappa shape index (κ3) is 3.80. The van der Waals surface area contributed by atoms with Crippen LogP contribution in [0.1, 0.15) is 54.4 Å². The monoisotopic (exact) mass is 241 g/mol. The molecule has 0 heterocycles. The van der Waals surface area contributed by atoms with E-state index in [1.165, 1.54) is 5.57 Å². The minimum atomic E-state index is 0.121. The average Bonchev–Trinajstić information content (AvgIpc) is 2.33. The summed E-state index contributed by atoms with van der Waals surface area (Å²) in [5, 5.41) is 0. The van der Waals surface area contributed by atoms with Crippen LogP contribution in [0.3, 0.4) is 0 Å². The number of hydrogen-bond donors (Lipinski definition) is 2. The number of nitrogens with zero attached hydrogens (tertiary/aromatic N) is 1. The summed E-state index contributed by atoms with van der Waals surface area (Å²) in [5.74, 6) is 5.78. The summed E-state index contributed by atoms with van der Waals surface area (Å²) in [6.07, 6.45) is 4.46. The highest BCUT2D eigenvalue weighted by molar-refractivity contribution is 5.11. The number of hydrogen-bond acceptors (Lipinski definition) is 3. The lowest BCUT2D eigenvalue weighted by Crippen LogP contribution is -2.61. The smallest absolute Gasteiger partial charge is 0.0576 e. The molecule has 0 amide bonds. The first-order valence-electron chi connectivity index (χ1n) is 6.88. The van der Waals surface area contributed by atoms with Gasteiger partial charge in [-0.15, -0.1) is 0 Å². The van der Waals surface area contributed by atoms with E-state index in [1.54, 1.807) is 0 Å². The van der Waals surface area contributed by atoms with Gasteiger partial charge in [0.2, 0.25) is 0 Å². The Morgan fingerprint density at radius 3 is 1.88 bits per heavy atom. The van der Waals surface area contributed by atoms with Gasteiger partial charge in [0, 0.05) is 5.54 Å². The molecule has 1 atom stereocenters. The number of nitrogens with one attached hydrogen (secondary N) is 1. The fraction of sp³-hybridized carbons (Fsp3) is 0.857. The number of allylic oxidation sites excluding steroid dienone is 1. The van der Waals surface area contributed by atoms with Crippen LogP contribution >= 0.6 is 0 Å². The lowest BCUT2D eigenvalue weighted by molar-refractivity contribution is 0.0647. The molecule has 0 aromatic rings. The Balaban J connectivity index is 5.33. The van der Waals surface area contributed by atoms with E-state index < -0.39 is 0 Å². The number of likely N-dealkylation sites (N-methyl/N-ethyl adjacent to an activating group) is 1. The molecule has 0 bridgehead atoms. The molecule has 0 saturated heterocycles. The fourth-order valence-electron chi connectivity index (χ4n) is 2.88. The van der Waals surface area contributed by atoms with Crippen molar-refractivity contribution in [3.8, 4) is 0 Å². The standard InChI is InChI=1S/C14H31N3/c1-7-14(8-2,17(9-3)10-4)13(16-15)11-12(5)6/h11,13,16H,7-10,15H2,1-6H3. The largest absolute Gasteiger partial charge is 0.296 e. The van der Waals surface area contributed by atoms with Crippen molar-refractivity contribution in [3.05, 3.63) is 11.6 Å². The molecular formula is C14H31N3. The van der Waals surface area contributed by atoms with Crippen LogP contribution in [-0.2, 0) is 0 Å². The molecule has 0 aliphatic carbocycles. The molecule has 0 aliphatic heterocycles.